The minimum Gasteiger partial charge on any atom is -0.322 e. The average Bonchev–Trinajstić information content (AvgIpc) is 2.63. The van der Waals surface area contributed by atoms with Crippen LogP contribution in [0.1, 0.15) is 15.9 Å². The van der Waals surface area contributed by atoms with Crippen molar-refractivity contribution in [2.24, 2.45) is 0 Å². The Labute approximate surface area is 170 Å². The van der Waals surface area contributed by atoms with E-state index in [9.17, 15) is 17.6 Å². The first kappa shape index (κ1) is 20.0. The summed E-state index contributed by atoms with van der Waals surface area (Å²) in [5, 5.41) is 2.73. The molecule has 0 heterocycles. The largest absolute Gasteiger partial charge is 0.322 e. The first-order valence-corrected chi connectivity index (χ1v) is 10.5. The number of aryl methyl sites for hydroxylation is 1. The van der Waals surface area contributed by atoms with E-state index < -0.39 is 21.7 Å². The molecule has 0 fully saturated rings. The van der Waals surface area contributed by atoms with Crippen molar-refractivity contribution < 1.29 is 17.6 Å². The Morgan fingerprint density at radius 3 is 2.36 bits per heavy atom. The summed E-state index contributed by atoms with van der Waals surface area (Å²) in [4.78, 5) is 12.6. The number of amides is 1. The number of carbonyl (C=O) groups is 1. The number of rotatable bonds is 5. The molecule has 0 aliphatic carbocycles. The van der Waals surface area contributed by atoms with Gasteiger partial charge < -0.3 is 5.32 Å². The van der Waals surface area contributed by atoms with E-state index in [1.165, 1.54) is 25.1 Å². The molecule has 0 aromatic heterocycles. The Morgan fingerprint density at radius 2 is 1.68 bits per heavy atom. The van der Waals surface area contributed by atoms with Crippen molar-refractivity contribution in [3.8, 4) is 0 Å². The smallest absolute Gasteiger partial charge is 0.262 e. The molecule has 8 heteroatoms. The molecule has 1 amide bonds. The monoisotopic (exact) mass is 462 g/mol. The quantitative estimate of drug-likeness (QED) is 0.563. The summed E-state index contributed by atoms with van der Waals surface area (Å²) in [7, 11) is -4.00. The maximum atomic E-state index is 13.3. The number of carbonyl (C=O) groups excluding carboxylic acids is 1. The lowest BCUT2D eigenvalue weighted by molar-refractivity contribution is 0.102. The van der Waals surface area contributed by atoms with Gasteiger partial charge in [0.15, 0.2) is 0 Å². The molecule has 3 aromatic carbocycles. The van der Waals surface area contributed by atoms with Crippen molar-refractivity contribution in [2.75, 3.05) is 10.0 Å². The molecule has 0 spiro atoms. The zero-order valence-corrected chi connectivity index (χ0v) is 17.1. The Hall–Kier alpha value is -2.71. The highest BCUT2D eigenvalue weighted by atomic mass is 79.9. The van der Waals surface area contributed by atoms with Crippen LogP contribution in [0.2, 0.25) is 0 Å². The van der Waals surface area contributed by atoms with Crippen LogP contribution in [0.4, 0.5) is 15.8 Å². The van der Waals surface area contributed by atoms with Gasteiger partial charge in [-0.25, -0.2) is 12.8 Å². The van der Waals surface area contributed by atoms with Crippen LogP contribution in [-0.2, 0) is 10.0 Å². The van der Waals surface area contributed by atoms with E-state index in [0.29, 0.717) is 5.69 Å². The maximum Gasteiger partial charge on any atom is 0.262 e. The van der Waals surface area contributed by atoms with Gasteiger partial charge in [0.25, 0.3) is 15.9 Å². The number of nitrogens with one attached hydrogen (secondary N) is 2. The zero-order valence-electron chi connectivity index (χ0n) is 14.7. The first-order valence-electron chi connectivity index (χ1n) is 8.21. The molecule has 0 unspecified atom stereocenters. The molecule has 2 N–H and O–H groups in total. The average molecular weight is 463 g/mol. The number of anilines is 2. The molecule has 5 nitrogen and oxygen atoms in total. The Morgan fingerprint density at radius 1 is 1.00 bits per heavy atom. The van der Waals surface area contributed by atoms with Crippen molar-refractivity contribution >= 4 is 43.2 Å². The van der Waals surface area contributed by atoms with Gasteiger partial charge >= 0.3 is 0 Å². The summed E-state index contributed by atoms with van der Waals surface area (Å²) in [6.45, 7) is 1.50. The van der Waals surface area contributed by atoms with Gasteiger partial charge in [0.2, 0.25) is 0 Å². The zero-order chi connectivity index (χ0) is 20.3. The number of hydrogen-bond acceptors (Lipinski definition) is 3. The molecule has 28 heavy (non-hydrogen) atoms. The molecular weight excluding hydrogens is 447 g/mol. The molecule has 3 rings (SSSR count). The molecule has 144 valence electrons. The van der Waals surface area contributed by atoms with E-state index >= 15 is 0 Å². The van der Waals surface area contributed by atoms with Crippen LogP contribution < -0.4 is 10.0 Å². The van der Waals surface area contributed by atoms with Crippen LogP contribution in [0, 0.1) is 12.7 Å². The number of halogens is 2. The van der Waals surface area contributed by atoms with Crippen molar-refractivity contribution in [3.63, 3.8) is 0 Å². The summed E-state index contributed by atoms with van der Waals surface area (Å²) in [5.74, 6) is -0.984. The summed E-state index contributed by atoms with van der Waals surface area (Å²) in [5.41, 5.74) is 1.12. The lowest BCUT2D eigenvalue weighted by Gasteiger charge is -2.14. The van der Waals surface area contributed by atoms with Crippen LogP contribution in [-0.4, -0.2) is 14.3 Å². The van der Waals surface area contributed by atoms with E-state index in [-0.39, 0.29) is 21.7 Å². The fourth-order valence-corrected chi connectivity index (χ4v) is 4.19. The molecule has 0 aliphatic heterocycles. The second kappa shape index (κ2) is 8.12. The highest BCUT2D eigenvalue weighted by Gasteiger charge is 2.20. The van der Waals surface area contributed by atoms with Crippen molar-refractivity contribution in [2.45, 2.75) is 11.8 Å². The predicted molar refractivity (Wildman–Crippen MR) is 110 cm³/mol. The summed E-state index contributed by atoms with van der Waals surface area (Å²) in [6.07, 6.45) is 0. The second-order valence-corrected chi connectivity index (χ2v) is 8.59. The topological polar surface area (TPSA) is 75.3 Å². The third-order valence-electron chi connectivity index (χ3n) is 3.94. The Balaban J connectivity index is 1.89. The van der Waals surface area contributed by atoms with E-state index in [0.717, 1.165) is 16.6 Å². The molecule has 0 bridgehead atoms. The van der Waals surface area contributed by atoms with Crippen molar-refractivity contribution in [1.82, 2.24) is 0 Å². The summed E-state index contributed by atoms with van der Waals surface area (Å²) >= 11 is 3.32. The fraction of sp³-hybridized carbons (Fsp3) is 0.0500. The standard InChI is InChI=1S/C20H16BrFN2O3S/c1-13-12-15(22)8-11-19(13)28(26,27)24-18-5-3-2-4-17(18)20(25)23-16-9-6-14(21)7-10-16/h2-12,24H,1H3,(H,23,25). The van der Waals surface area contributed by atoms with Crippen LogP contribution in [0.5, 0.6) is 0 Å². The minimum atomic E-state index is -4.00. The fourth-order valence-electron chi connectivity index (χ4n) is 2.62. The van der Waals surface area contributed by atoms with Crippen molar-refractivity contribution in [3.05, 3.63) is 88.1 Å². The highest BCUT2D eigenvalue weighted by molar-refractivity contribution is 9.10. The van der Waals surface area contributed by atoms with Gasteiger partial charge in [-0.3, -0.25) is 9.52 Å². The van der Waals surface area contributed by atoms with Gasteiger partial charge in [-0.05, 0) is 67.1 Å². The molecular formula is C20H16BrFN2O3S. The Kier molecular flexibility index (Phi) is 5.81. The third-order valence-corrected chi connectivity index (χ3v) is 6.00. The number of para-hydroxylation sites is 1. The minimum absolute atomic E-state index is 0.0583. The number of hydrogen-bond donors (Lipinski definition) is 2. The maximum absolute atomic E-state index is 13.3. The van der Waals surface area contributed by atoms with E-state index in [1.54, 1.807) is 36.4 Å². The predicted octanol–water partition coefficient (Wildman–Crippen LogP) is 4.95. The number of sulfonamides is 1. The lowest BCUT2D eigenvalue weighted by atomic mass is 10.1. The van der Waals surface area contributed by atoms with Gasteiger partial charge in [0, 0.05) is 10.2 Å². The Bertz CT molecular complexity index is 1130. The molecule has 0 saturated heterocycles. The molecule has 0 aliphatic rings. The van der Waals surface area contributed by atoms with Crippen LogP contribution >= 0.6 is 15.9 Å². The molecule has 0 atom stereocenters. The van der Waals surface area contributed by atoms with Crippen LogP contribution in [0.25, 0.3) is 0 Å². The van der Waals surface area contributed by atoms with Crippen molar-refractivity contribution in [1.29, 1.82) is 0 Å². The number of benzene rings is 3. The second-order valence-electron chi connectivity index (χ2n) is 6.02. The van der Waals surface area contributed by atoms with Gasteiger partial charge in [0.05, 0.1) is 16.1 Å². The van der Waals surface area contributed by atoms with Gasteiger partial charge in [-0.1, -0.05) is 28.1 Å². The highest BCUT2D eigenvalue weighted by Crippen LogP contribution is 2.24. The van der Waals surface area contributed by atoms with E-state index in [1.807, 2.05) is 0 Å². The third kappa shape index (κ3) is 4.58. The van der Waals surface area contributed by atoms with E-state index in [2.05, 4.69) is 26.0 Å². The summed E-state index contributed by atoms with van der Waals surface area (Å²) < 4.78 is 42.1. The summed E-state index contributed by atoms with van der Waals surface area (Å²) in [6, 6.07) is 16.7. The van der Waals surface area contributed by atoms with Crippen LogP contribution in [0.15, 0.2) is 76.1 Å². The molecule has 3 aromatic rings. The first-order chi connectivity index (χ1) is 13.3. The van der Waals surface area contributed by atoms with Gasteiger partial charge in [-0.15, -0.1) is 0 Å². The lowest BCUT2D eigenvalue weighted by Crippen LogP contribution is -2.19. The van der Waals surface area contributed by atoms with E-state index in [4.69, 9.17) is 0 Å². The van der Waals surface area contributed by atoms with Crippen LogP contribution in [0.3, 0.4) is 0 Å². The van der Waals surface area contributed by atoms with Gasteiger partial charge in [-0.2, -0.15) is 0 Å². The molecule has 0 saturated carbocycles. The van der Waals surface area contributed by atoms with Gasteiger partial charge in [0.1, 0.15) is 5.82 Å². The normalized spacial score (nSPS) is 11.1. The molecule has 0 radical (unpaired) electrons. The SMILES string of the molecule is Cc1cc(F)ccc1S(=O)(=O)Nc1ccccc1C(=O)Nc1ccc(Br)cc1.